The monoisotopic (exact) mass is 305 g/mol. The maximum Gasteiger partial charge on any atom is 0.246 e. The van der Waals surface area contributed by atoms with E-state index in [4.69, 9.17) is 11.6 Å². The highest BCUT2D eigenvalue weighted by Gasteiger charge is 2.24. The van der Waals surface area contributed by atoms with Gasteiger partial charge >= 0.3 is 0 Å². The van der Waals surface area contributed by atoms with E-state index in [0.29, 0.717) is 13.1 Å². The van der Waals surface area contributed by atoms with Crippen molar-refractivity contribution in [3.63, 3.8) is 0 Å². The third kappa shape index (κ3) is 3.64. The quantitative estimate of drug-likeness (QED) is 0.767. The molecule has 21 heavy (non-hydrogen) atoms. The van der Waals surface area contributed by atoms with E-state index in [1.54, 1.807) is 17.4 Å². The Morgan fingerprint density at radius 3 is 2.76 bits per heavy atom. The van der Waals surface area contributed by atoms with Crippen LogP contribution in [0.2, 0.25) is 0 Å². The molecule has 0 aliphatic carbocycles. The van der Waals surface area contributed by atoms with E-state index in [0.717, 1.165) is 17.7 Å². The van der Waals surface area contributed by atoms with Crippen molar-refractivity contribution in [2.75, 3.05) is 4.90 Å². The number of alkyl halides is 1. The molecule has 0 aliphatic rings. The fraction of sp³-hybridized carbons (Fsp3) is 0.375. The van der Waals surface area contributed by atoms with Crippen molar-refractivity contribution in [3.05, 3.63) is 48.5 Å². The fourth-order valence-corrected chi connectivity index (χ4v) is 2.33. The van der Waals surface area contributed by atoms with Crippen molar-refractivity contribution < 1.29 is 4.79 Å². The van der Waals surface area contributed by atoms with Crippen LogP contribution in [0, 0.1) is 0 Å². The maximum atomic E-state index is 12.6. The first-order valence-electron chi connectivity index (χ1n) is 7.16. The Hall–Kier alpha value is -1.81. The normalized spacial score (nSPS) is 12.1. The zero-order valence-corrected chi connectivity index (χ0v) is 13.1. The predicted molar refractivity (Wildman–Crippen MR) is 85.5 cm³/mol. The van der Waals surface area contributed by atoms with E-state index >= 15 is 0 Å². The molecule has 0 aliphatic heterocycles. The average molecular weight is 306 g/mol. The van der Waals surface area contributed by atoms with E-state index < -0.39 is 5.38 Å². The van der Waals surface area contributed by atoms with E-state index in [1.807, 2.05) is 42.0 Å². The first-order chi connectivity index (χ1) is 10.2. The van der Waals surface area contributed by atoms with Gasteiger partial charge in [0.2, 0.25) is 5.91 Å². The van der Waals surface area contributed by atoms with Gasteiger partial charge in [-0.3, -0.25) is 9.69 Å². The summed E-state index contributed by atoms with van der Waals surface area (Å²) in [4.78, 5) is 18.4. The molecular weight excluding hydrogens is 286 g/mol. The summed E-state index contributed by atoms with van der Waals surface area (Å²) in [5.74, 6) is -0.0752. The van der Waals surface area contributed by atoms with Crippen LogP contribution in [-0.4, -0.2) is 20.8 Å². The second-order valence-electron chi connectivity index (χ2n) is 4.84. The number of hydrogen-bond donors (Lipinski definition) is 0. The second kappa shape index (κ2) is 7.27. The lowest BCUT2D eigenvalue weighted by atomic mass is 10.1. The first-order valence-corrected chi connectivity index (χ1v) is 7.60. The van der Waals surface area contributed by atoms with E-state index in [-0.39, 0.29) is 5.91 Å². The number of aryl methyl sites for hydroxylation is 1. The topological polar surface area (TPSA) is 38.1 Å². The van der Waals surface area contributed by atoms with Crippen molar-refractivity contribution in [2.24, 2.45) is 0 Å². The molecular formula is C16H20ClN3O. The summed E-state index contributed by atoms with van der Waals surface area (Å²) in [5.41, 5.74) is 2.05. The molecule has 0 spiro atoms. The van der Waals surface area contributed by atoms with Crippen molar-refractivity contribution in [1.29, 1.82) is 0 Å². The number of anilines is 1. The molecule has 0 saturated carbocycles. The van der Waals surface area contributed by atoms with Crippen LogP contribution in [0.15, 0.2) is 43.0 Å². The third-order valence-corrected chi connectivity index (χ3v) is 3.91. The van der Waals surface area contributed by atoms with Crippen LogP contribution in [0.25, 0.3) is 0 Å². The number of amides is 1. The lowest BCUT2D eigenvalue weighted by molar-refractivity contribution is -0.118. The van der Waals surface area contributed by atoms with Gasteiger partial charge in [0.05, 0.1) is 6.33 Å². The van der Waals surface area contributed by atoms with Crippen LogP contribution < -0.4 is 4.90 Å². The summed E-state index contributed by atoms with van der Waals surface area (Å²) in [5, 5.41) is -0.515. The number of para-hydroxylation sites is 1. The van der Waals surface area contributed by atoms with Gasteiger partial charge in [0.1, 0.15) is 12.0 Å². The van der Waals surface area contributed by atoms with Gasteiger partial charge in [-0.15, -0.1) is 11.6 Å². The van der Waals surface area contributed by atoms with Gasteiger partial charge < -0.3 is 4.57 Å². The van der Waals surface area contributed by atoms with E-state index in [9.17, 15) is 4.79 Å². The number of carbonyl (C=O) groups is 1. The molecule has 2 aromatic rings. The number of hydrogen-bond acceptors (Lipinski definition) is 2. The van der Waals surface area contributed by atoms with Gasteiger partial charge in [-0.25, -0.2) is 4.98 Å². The minimum absolute atomic E-state index is 0.0752. The van der Waals surface area contributed by atoms with Crippen LogP contribution in [0.3, 0.4) is 0 Å². The van der Waals surface area contributed by atoms with Gasteiger partial charge in [0, 0.05) is 18.1 Å². The molecule has 1 aromatic carbocycles. The summed E-state index contributed by atoms with van der Waals surface area (Å²) < 4.78 is 1.86. The zero-order chi connectivity index (χ0) is 15.2. The van der Waals surface area contributed by atoms with Gasteiger partial charge in [0.15, 0.2) is 0 Å². The van der Waals surface area contributed by atoms with Crippen molar-refractivity contribution in [3.8, 4) is 0 Å². The molecule has 0 bridgehead atoms. The number of imidazole rings is 1. The lowest BCUT2D eigenvalue weighted by Gasteiger charge is -2.27. The minimum Gasteiger partial charge on any atom is -0.319 e. The lowest BCUT2D eigenvalue weighted by Crippen LogP contribution is -2.38. The number of benzene rings is 1. The van der Waals surface area contributed by atoms with Crippen LogP contribution >= 0.6 is 11.6 Å². The van der Waals surface area contributed by atoms with Crippen LogP contribution in [0.1, 0.15) is 25.8 Å². The third-order valence-electron chi connectivity index (χ3n) is 3.42. The Labute approximate surface area is 130 Å². The van der Waals surface area contributed by atoms with Crippen molar-refractivity contribution in [1.82, 2.24) is 9.55 Å². The summed E-state index contributed by atoms with van der Waals surface area (Å²) in [7, 11) is 0. The zero-order valence-electron chi connectivity index (χ0n) is 12.4. The largest absolute Gasteiger partial charge is 0.319 e. The van der Waals surface area contributed by atoms with Crippen molar-refractivity contribution >= 4 is 23.2 Å². The smallest absolute Gasteiger partial charge is 0.246 e. The SMILES string of the molecule is CCc1ccccc1N(Cn1ccnc1)C(=O)C(Cl)CC. The number of nitrogens with zero attached hydrogens (tertiary/aromatic N) is 3. The molecule has 1 atom stereocenters. The van der Waals surface area contributed by atoms with Crippen molar-refractivity contribution in [2.45, 2.75) is 38.7 Å². The molecule has 0 radical (unpaired) electrons. The maximum absolute atomic E-state index is 12.6. The Bertz CT molecular complexity index is 583. The molecule has 0 fully saturated rings. The molecule has 1 amide bonds. The highest BCUT2D eigenvalue weighted by atomic mass is 35.5. The summed E-state index contributed by atoms with van der Waals surface area (Å²) in [6.45, 7) is 4.41. The Morgan fingerprint density at radius 1 is 1.38 bits per heavy atom. The fourth-order valence-electron chi connectivity index (χ4n) is 2.22. The Balaban J connectivity index is 2.37. The minimum atomic E-state index is -0.515. The van der Waals surface area contributed by atoms with Crippen LogP contribution in [0.4, 0.5) is 5.69 Å². The molecule has 2 rings (SSSR count). The molecule has 0 N–H and O–H groups in total. The van der Waals surface area contributed by atoms with Crippen LogP contribution in [-0.2, 0) is 17.9 Å². The molecule has 4 nitrogen and oxygen atoms in total. The average Bonchev–Trinajstić information content (AvgIpc) is 3.04. The molecule has 1 unspecified atom stereocenters. The Morgan fingerprint density at radius 2 is 2.14 bits per heavy atom. The summed E-state index contributed by atoms with van der Waals surface area (Å²) >= 11 is 6.18. The number of halogens is 1. The van der Waals surface area contributed by atoms with Gasteiger partial charge in [-0.05, 0) is 24.5 Å². The molecule has 1 heterocycles. The number of rotatable bonds is 6. The highest BCUT2D eigenvalue weighted by Crippen LogP contribution is 2.24. The van der Waals surface area contributed by atoms with E-state index in [1.165, 1.54) is 0 Å². The van der Waals surface area contributed by atoms with Gasteiger partial charge in [-0.2, -0.15) is 0 Å². The summed E-state index contributed by atoms with van der Waals surface area (Å²) in [6.07, 6.45) is 6.71. The first kappa shape index (κ1) is 15.6. The van der Waals surface area contributed by atoms with Crippen LogP contribution in [0.5, 0.6) is 0 Å². The molecule has 0 saturated heterocycles. The molecule has 112 valence electrons. The standard InChI is InChI=1S/C16H20ClN3O/c1-3-13-7-5-6-8-15(13)20(16(21)14(17)4-2)12-19-10-9-18-11-19/h5-11,14H,3-4,12H2,1-2H3. The predicted octanol–water partition coefficient (Wildman–Crippen LogP) is 3.45. The summed E-state index contributed by atoms with van der Waals surface area (Å²) in [6, 6.07) is 7.93. The Kier molecular flexibility index (Phi) is 5.39. The highest BCUT2D eigenvalue weighted by molar-refractivity contribution is 6.32. The number of carbonyl (C=O) groups excluding carboxylic acids is 1. The van der Waals surface area contributed by atoms with E-state index in [2.05, 4.69) is 11.9 Å². The molecule has 5 heteroatoms. The number of aromatic nitrogens is 2. The molecule has 1 aromatic heterocycles. The second-order valence-corrected chi connectivity index (χ2v) is 5.37. The van der Waals surface area contributed by atoms with Gasteiger partial charge in [-0.1, -0.05) is 32.0 Å². The van der Waals surface area contributed by atoms with Gasteiger partial charge in [0.25, 0.3) is 0 Å².